The lowest BCUT2D eigenvalue weighted by molar-refractivity contribution is -0.208. The van der Waals surface area contributed by atoms with Gasteiger partial charge < -0.3 is 14.2 Å². The fourth-order valence-electron chi connectivity index (χ4n) is 5.37. The molecule has 0 radical (unpaired) electrons. The standard InChI is InChI=1S/C31H33NO5S/c1-5-23-17-28(35-19(3)33)31(36-20(4)34)30(37-23)26-16-22(18(2)13-25(26)27-10-8-12-32-27)15-24-14-21-9-6-7-11-29(21)38-24/h6-11,13-14,16,23,28,30-31H,5,12,15,17H2,1-4H3/t23-,28+,30+,31-/m1/s1. The van der Waals surface area contributed by atoms with Gasteiger partial charge >= 0.3 is 11.9 Å². The molecular weight excluding hydrogens is 498 g/mol. The molecule has 0 unspecified atom stereocenters. The minimum atomic E-state index is -0.760. The maximum Gasteiger partial charge on any atom is 0.303 e. The molecule has 2 aromatic carbocycles. The molecule has 6 nitrogen and oxygen atoms in total. The van der Waals surface area contributed by atoms with E-state index in [1.54, 1.807) is 11.3 Å². The van der Waals surface area contributed by atoms with Crippen LogP contribution in [-0.2, 0) is 30.2 Å². The van der Waals surface area contributed by atoms with Gasteiger partial charge in [-0.1, -0.05) is 37.3 Å². The number of hydrogen-bond acceptors (Lipinski definition) is 7. The highest BCUT2D eigenvalue weighted by molar-refractivity contribution is 7.19. The van der Waals surface area contributed by atoms with Crippen LogP contribution in [0.3, 0.4) is 0 Å². The Morgan fingerprint density at radius 1 is 1.11 bits per heavy atom. The van der Waals surface area contributed by atoms with Crippen molar-refractivity contribution in [1.29, 1.82) is 0 Å². The predicted molar refractivity (Wildman–Crippen MR) is 150 cm³/mol. The van der Waals surface area contributed by atoms with Gasteiger partial charge in [0, 0.05) is 41.8 Å². The normalized spacial score (nSPS) is 22.9. The van der Waals surface area contributed by atoms with E-state index >= 15 is 0 Å². The molecule has 0 N–H and O–H groups in total. The number of rotatable bonds is 7. The van der Waals surface area contributed by atoms with Gasteiger partial charge in [-0.25, -0.2) is 0 Å². The van der Waals surface area contributed by atoms with Gasteiger partial charge in [0.25, 0.3) is 0 Å². The van der Waals surface area contributed by atoms with Crippen LogP contribution in [-0.4, -0.2) is 42.5 Å². The van der Waals surface area contributed by atoms with E-state index in [1.807, 2.05) is 19.1 Å². The van der Waals surface area contributed by atoms with Crippen molar-refractivity contribution in [3.8, 4) is 0 Å². The third kappa shape index (κ3) is 5.59. The SMILES string of the molecule is CC[C@@H]1C[C@H](OC(C)=O)[C@@H](OC(C)=O)[C@H](c2cc(Cc3cc4ccccc4s3)c(C)cc2C2=NCC=C2)O1. The fourth-order valence-corrected chi connectivity index (χ4v) is 6.46. The summed E-state index contributed by atoms with van der Waals surface area (Å²) in [5.74, 6) is -0.840. The van der Waals surface area contributed by atoms with Gasteiger partial charge in [0.2, 0.25) is 0 Å². The summed E-state index contributed by atoms with van der Waals surface area (Å²) < 4.78 is 19.4. The molecular formula is C31H33NO5S. The van der Waals surface area contributed by atoms with E-state index in [9.17, 15) is 9.59 Å². The first-order chi connectivity index (χ1) is 18.3. The molecule has 2 aliphatic rings. The number of aryl methyl sites for hydroxylation is 1. The number of aliphatic imine (C=N–C) groups is 1. The zero-order valence-corrected chi connectivity index (χ0v) is 23.0. The first kappa shape index (κ1) is 26.3. The van der Waals surface area contributed by atoms with Gasteiger partial charge in [0.05, 0.1) is 18.4 Å². The minimum absolute atomic E-state index is 0.141. The van der Waals surface area contributed by atoms with Gasteiger partial charge in [-0.05, 0) is 59.7 Å². The van der Waals surface area contributed by atoms with Gasteiger partial charge in [0.1, 0.15) is 12.2 Å². The summed E-state index contributed by atoms with van der Waals surface area (Å²) in [6, 6.07) is 15.0. The topological polar surface area (TPSA) is 74.2 Å². The fraction of sp³-hybridized carbons (Fsp3) is 0.387. The Hall–Kier alpha value is -3.29. The van der Waals surface area contributed by atoms with Gasteiger partial charge in [-0.2, -0.15) is 0 Å². The van der Waals surface area contributed by atoms with E-state index in [4.69, 9.17) is 19.2 Å². The number of esters is 2. The van der Waals surface area contributed by atoms with E-state index in [0.717, 1.165) is 35.2 Å². The van der Waals surface area contributed by atoms with Crippen molar-refractivity contribution in [3.63, 3.8) is 0 Å². The molecule has 2 aliphatic heterocycles. The Bertz CT molecular complexity index is 1390. The number of thiophene rings is 1. The van der Waals surface area contributed by atoms with Crippen LogP contribution in [0.4, 0.5) is 0 Å². The van der Waals surface area contributed by atoms with Crippen LogP contribution in [0, 0.1) is 6.92 Å². The molecule has 38 heavy (non-hydrogen) atoms. The number of hydrogen-bond donors (Lipinski definition) is 0. The van der Waals surface area contributed by atoms with Crippen molar-refractivity contribution < 1.29 is 23.8 Å². The smallest absolute Gasteiger partial charge is 0.303 e. The molecule has 0 amide bonds. The van der Waals surface area contributed by atoms with E-state index in [1.165, 1.54) is 34.4 Å². The Morgan fingerprint density at radius 2 is 1.89 bits per heavy atom. The Balaban J connectivity index is 1.61. The van der Waals surface area contributed by atoms with Crippen molar-refractivity contribution in [2.24, 2.45) is 4.99 Å². The second-order valence-corrected chi connectivity index (χ2v) is 11.1. The van der Waals surface area contributed by atoms with E-state index in [-0.39, 0.29) is 6.10 Å². The zero-order valence-electron chi connectivity index (χ0n) is 22.2. The first-order valence-electron chi connectivity index (χ1n) is 13.1. The van der Waals surface area contributed by atoms with Gasteiger partial charge in [-0.15, -0.1) is 11.3 Å². The number of allylic oxidation sites excluding steroid dienone is 1. The number of ether oxygens (including phenoxy) is 3. The molecule has 1 fully saturated rings. The van der Waals surface area contributed by atoms with Crippen LogP contribution in [0.5, 0.6) is 0 Å². The van der Waals surface area contributed by atoms with Crippen LogP contribution in [0.15, 0.2) is 59.6 Å². The molecule has 0 saturated carbocycles. The summed E-state index contributed by atoms with van der Waals surface area (Å²) >= 11 is 1.80. The summed E-state index contributed by atoms with van der Waals surface area (Å²) in [5.41, 5.74) is 5.07. The number of fused-ring (bicyclic) bond motifs is 1. The number of benzene rings is 2. The summed E-state index contributed by atoms with van der Waals surface area (Å²) in [4.78, 5) is 30.2. The van der Waals surface area contributed by atoms with E-state index < -0.39 is 30.3 Å². The summed E-state index contributed by atoms with van der Waals surface area (Å²) in [7, 11) is 0. The molecule has 7 heteroatoms. The highest BCUT2D eigenvalue weighted by Crippen LogP contribution is 2.40. The number of nitrogens with zero attached hydrogens (tertiary/aromatic N) is 1. The first-order valence-corrected chi connectivity index (χ1v) is 14.0. The molecule has 0 bridgehead atoms. The summed E-state index contributed by atoms with van der Waals surface area (Å²) in [5, 5.41) is 1.24. The molecule has 0 aliphatic carbocycles. The maximum absolute atomic E-state index is 12.2. The predicted octanol–water partition coefficient (Wildman–Crippen LogP) is 6.26. The number of carbonyl (C=O) groups excluding carboxylic acids is 2. The third-order valence-corrected chi connectivity index (χ3v) is 8.26. The maximum atomic E-state index is 12.2. The molecule has 198 valence electrons. The molecule has 3 aromatic rings. The summed E-state index contributed by atoms with van der Waals surface area (Å²) in [6.07, 6.45) is 3.95. The van der Waals surface area contributed by atoms with Crippen LogP contribution < -0.4 is 0 Å². The second kappa shape index (κ2) is 11.2. The zero-order chi connectivity index (χ0) is 26.8. The second-order valence-electron chi connectivity index (χ2n) is 9.97. The van der Waals surface area contributed by atoms with Crippen molar-refractivity contribution in [2.45, 2.75) is 71.4 Å². The summed E-state index contributed by atoms with van der Waals surface area (Å²) in [6.45, 7) is 7.56. The van der Waals surface area contributed by atoms with Crippen molar-refractivity contribution in [2.75, 3.05) is 6.54 Å². The molecule has 4 atom stereocenters. The van der Waals surface area contributed by atoms with Crippen molar-refractivity contribution >= 4 is 39.1 Å². The Kier molecular flexibility index (Phi) is 7.77. The molecule has 1 saturated heterocycles. The van der Waals surface area contributed by atoms with Crippen molar-refractivity contribution in [1.82, 2.24) is 0 Å². The largest absolute Gasteiger partial charge is 0.458 e. The average molecular weight is 532 g/mol. The molecule has 3 heterocycles. The van der Waals surface area contributed by atoms with Crippen molar-refractivity contribution in [3.05, 3.63) is 81.7 Å². The van der Waals surface area contributed by atoms with Crippen LogP contribution >= 0.6 is 11.3 Å². The third-order valence-electron chi connectivity index (χ3n) is 7.15. The highest BCUT2D eigenvalue weighted by atomic mass is 32.1. The van der Waals surface area contributed by atoms with Crippen LogP contribution in [0.1, 0.15) is 66.8 Å². The molecule has 1 aromatic heterocycles. The monoisotopic (exact) mass is 531 g/mol. The quantitative estimate of drug-likeness (QED) is 0.336. The van der Waals surface area contributed by atoms with Gasteiger partial charge in [-0.3, -0.25) is 14.6 Å². The van der Waals surface area contributed by atoms with Gasteiger partial charge in [0.15, 0.2) is 6.10 Å². The number of carbonyl (C=O) groups is 2. The van der Waals surface area contributed by atoms with E-state index in [2.05, 4.69) is 49.4 Å². The van der Waals surface area contributed by atoms with E-state index in [0.29, 0.717) is 13.0 Å². The lowest BCUT2D eigenvalue weighted by atomic mass is 9.85. The average Bonchev–Trinajstić information content (AvgIpc) is 3.55. The molecule has 5 rings (SSSR count). The lowest BCUT2D eigenvalue weighted by Crippen LogP contribution is -2.48. The Labute approximate surface area is 227 Å². The Morgan fingerprint density at radius 3 is 2.58 bits per heavy atom. The van der Waals surface area contributed by atoms with Crippen LogP contribution in [0.25, 0.3) is 10.1 Å². The molecule has 0 spiro atoms. The lowest BCUT2D eigenvalue weighted by Gasteiger charge is -2.41. The minimum Gasteiger partial charge on any atom is -0.458 e. The van der Waals surface area contributed by atoms with Crippen LogP contribution in [0.2, 0.25) is 0 Å². The highest BCUT2D eigenvalue weighted by Gasteiger charge is 2.44.